The zero-order chi connectivity index (χ0) is 12.1. The molecule has 0 aliphatic rings. The van der Waals surface area contributed by atoms with E-state index in [9.17, 15) is 4.79 Å². The molecule has 0 radical (unpaired) electrons. The van der Waals surface area contributed by atoms with E-state index in [0.29, 0.717) is 18.7 Å². The van der Waals surface area contributed by atoms with E-state index in [1.807, 2.05) is 7.05 Å². The molecular weight excluding hydrogens is 218 g/mol. The second-order valence-electron chi connectivity index (χ2n) is 4.15. The van der Waals surface area contributed by atoms with Crippen molar-refractivity contribution in [2.75, 3.05) is 12.8 Å². The summed E-state index contributed by atoms with van der Waals surface area (Å²) < 4.78 is 0. The lowest BCUT2D eigenvalue weighted by atomic mass is 10.1. The van der Waals surface area contributed by atoms with Crippen LogP contribution in [0.25, 0.3) is 0 Å². The van der Waals surface area contributed by atoms with Crippen LogP contribution in [0.2, 0.25) is 0 Å². The minimum absolute atomic E-state index is 0.148. The monoisotopic (exact) mass is 237 g/mol. The third-order valence-electron chi connectivity index (χ3n) is 2.66. The van der Waals surface area contributed by atoms with Gasteiger partial charge in [-0.3, -0.25) is 4.79 Å². The molecule has 88 valence electrons. The van der Waals surface area contributed by atoms with Gasteiger partial charge < -0.3 is 4.90 Å². The van der Waals surface area contributed by atoms with Crippen LogP contribution in [0.1, 0.15) is 23.1 Å². The van der Waals surface area contributed by atoms with Gasteiger partial charge in [0.05, 0.1) is 0 Å². The number of thiol groups is 1. The molecule has 0 bridgehead atoms. The Morgan fingerprint density at radius 1 is 1.38 bits per heavy atom. The maximum Gasteiger partial charge on any atom is 0.223 e. The fourth-order valence-electron chi connectivity index (χ4n) is 1.65. The number of carbonyl (C=O) groups is 1. The lowest BCUT2D eigenvalue weighted by molar-refractivity contribution is -0.129. The zero-order valence-corrected chi connectivity index (χ0v) is 11.1. The highest BCUT2D eigenvalue weighted by molar-refractivity contribution is 7.80. The molecule has 0 spiro atoms. The van der Waals surface area contributed by atoms with Crippen molar-refractivity contribution in [2.45, 2.75) is 26.8 Å². The van der Waals surface area contributed by atoms with Gasteiger partial charge in [0.25, 0.3) is 0 Å². The first-order valence-corrected chi connectivity index (χ1v) is 6.08. The summed E-state index contributed by atoms with van der Waals surface area (Å²) in [6, 6.07) is 6.32. The molecule has 0 saturated carbocycles. The Hall–Kier alpha value is -0.960. The predicted molar refractivity (Wildman–Crippen MR) is 70.9 cm³/mol. The highest BCUT2D eigenvalue weighted by atomic mass is 32.1. The first-order valence-electron chi connectivity index (χ1n) is 5.45. The SMILES string of the molecule is Cc1ccc(CN(C)C(=O)CCS)c(C)c1. The molecule has 0 unspecified atom stereocenters. The van der Waals surface area contributed by atoms with Gasteiger partial charge in [-0.25, -0.2) is 0 Å². The van der Waals surface area contributed by atoms with Crippen LogP contribution in [0.15, 0.2) is 18.2 Å². The fourth-order valence-corrected chi connectivity index (χ4v) is 1.84. The topological polar surface area (TPSA) is 20.3 Å². The first-order chi connectivity index (χ1) is 7.54. The fraction of sp³-hybridized carbons (Fsp3) is 0.462. The van der Waals surface area contributed by atoms with E-state index in [-0.39, 0.29) is 5.91 Å². The van der Waals surface area contributed by atoms with Gasteiger partial charge in [0, 0.05) is 20.0 Å². The number of amides is 1. The van der Waals surface area contributed by atoms with Crippen LogP contribution >= 0.6 is 12.6 Å². The number of rotatable bonds is 4. The molecule has 0 atom stereocenters. The molecule has 1 amide bonds. The lowest BCUT2D eigenvalue weighted by Gasteiger charge is -2.18. The lowest BCUT2D eigenvalue weighted by Crippen LogP contribution is -2.26. The highest BCUT2D eigenvalue weighted by Gasteiger charge is 2.09. The smallest absolute Gasteiger partial charge is 0.223 e. The van der Waals surface area contributed by atoms with E-state index >= 15 is 0 Å². The Morgan fingerprint density at radius 3 is 2.62 bits per heavy atom. The predicted octanol–water partition coefficient (Wildman–Crippen LogP) is 2.58. The number of hydrogen-bond donors (Lipinski definition) is 1. The molecule has 2 nitrogen and oxygen atoms in total. The average Bonchev–Trinajstić information content (AvgIpc) is 2.22. The molecule has 0 N–H and O–H groups in total. The average molecular weight is 237 g/mol. The molecule has 1 rings (SSSR count). The Kier molecular flexibility index (Phi) is 4.87. The van der Waals surface area contributed by atoms with E-state index < -0.39 is 0 Å². The summed E-state index contributed by atoms with van der Waals surface area (Å²) in [6.45, 7) is 4.84. The molecular formula is C13H19NOS. The Bertz CT molecular complexity index is 376. The number of benzene rings is 1. The van der Waals surface area contributed by atoms with Crippen molar-refractivity contribution < 1.29 is 4.79 Å². The Morgan fingerprint density at radius 2 is 2.06 bits per heavy atom. The summed E-state index contributed by atoms with van der Waals surface area (Å²) in [6.07, 6.45) is 0.504. The molecule has 0 aromatic heterocycles. The standard InChI is InChI=1S/C13H19NOS/c1-10-4-5-12(11(2)8-10)9-14(3)13(15)6-7-16/h4-5,8,16H,6-7,9H2,1-3H3. The molecule has 3 heteroatoms. The second kappa shape index (κ2) is 5.94. The van der Waals surface area contributed by atoms with Crippen LogP contribution in [0.3, 0.4) is 0 Å². The third kappa shape index (κ3) is 3.56. The van der Waals surface area contributed by atoms with E-state index in [1.165, 1.54) is 16.7 Å². The maximum absolute atomic E-state index is 11.6. The van der Waals surface area contributed by atoms with Crippen molar-refractivity contribution in [1.82, 2.24) is 4.90 Å². The van der Waals surface area contributed by atoms with Gasteiger partial charge in [-0.2, -0.15) is 12.6 Å². The van der Waals surface area contributed by atoms with Crippen LogP contribution in [0.4, 0.5) is 0 Å². The number of nitrogens with zero attached hydrogens (tertiary/aromatic N) is 1. The normalized spacial score (nSPS) is 10.2. The number of aryl methyl sites for hydroxylation is 2. The van der Waals surface area contributed by atoms with Crippen LogP contribution in [0, 0.1) is 13.8 Å². The maximum atomic E-state index is 11.6. The second-order valence-corrected chi connectivity index (χ2v) is 4.60. The van der Waals surface area contributed by atoms with Crippen molar-refractivity contribution >= 4 is 18.5 Å². The molecule has 0 fully saturated rings. The molecule has 1 aromatic rings. The largest absolute Gasteiger partial charge is 0.341 e. The zero-order valence-electron chi connectivity index (χ0n) is 10.2. The Balaban J connectivity index is 2.69. The molecule has 0 aliphatic heterocycles. The van der Waals surface area contributed by atoms with Gasteiger partial charge in [-0.05, 0) is 30.7 Å². The summed E-state index contributed by atoms with van der Waals surface area (Å²) in [7, 11) is 1.84. The van der Waals surface area contributed by atoms with Gasteiger partial charge in [0.2, 0.25) is 5.91 Å². The summed E-state index contributed by atoms with van der Waals surface area (Å²) in [4.78, 5) is 13.4. The third-order valence-corrected chi connectivity index (χ3v) is 2.88. The first kappa shape index (κ1) is 13.1. The number of carbonyl (C=O) groups excluding carboxylic acids is 1. The van der Waals surface area contributed by atoms with Gasteiger partial charge in [-0.1, -0.05) is 23.8 Å². The van der Waals surface area contributed by atoms with Crippen LogP contribution in [0.5, 0.6) is 0 Å². The number of hydrogen-bond acceptors (Lipinski definition) is 2. The van der Waals surface area contributed by atoms with Crippen molar-refractivity contribution in [2.24, 2.45) is 0 Å². The summed E-state index contributed by atoms with van der Waals surface area (Å²) >= 11 is 4.07. The van der Waals surface area contributed by atoms with E-state index in [4.69, 9.17) is 0 Å². The summed E-state index contributed by atoms with van der Waals surface area (Å²) in [5, 5.41) is 0. The molecule has 1 aromatic carbocycles. The minimum atomic E-state index is 0.148. The Labute approximate surface area is 103 Å². The van der Waals surface area contributed by atoms with Crippen LogP contribution < -0.4 is 0 Å². The molecule has 0 heterocycles. The van der Waals surface area contributed by atoms with E-state index in [1.54, 1.807) is 4.90 Å². The van der Waals surface area contributed by atoms with Crippen molar-refractivity contribution in [3.63, 3.8) is 0 Å². The van der Waals surface area contributed by atoms with Crippen molar-refractivity contribution in [3.8, 4) is 0 Å². The van der Waals surface area contributed by atoms with Crippen molar-refractivity contribution in [3.05, 3.63) is 34.9 Å². The van der Waals surface area contributed by atoms with Gasteiger partial charge in [-0.15, -0.1) is 0 Å². The summed E-state index contributed by atoms with van der Waals surface area (Å²) in [5.41, 5.74) is 3.71. The quantitative estimate of drug-likeness (QED) is 0.798. The van der Waals surface area contributed by atoms with E-state index in [2.05, 4.69) is 44.7 Å². The molecule has 0 aliphatic carbocycles. The van der Waals surface area contributed by atoms with Crippen molar-refractivity contribution in [1.29, 1.82) is 0 Å². The molecule has 16 heavy (non-hydrogen) atoms. The van der Waals surface area contributed by atoms with Gasteiger partial charge >= 0.3 is 0 Å². The minimum Gasteiger partial charge on any atom is -0.341 e. The molecule has 0 saturated heterocycles. The van der Waals surface area contributed by atoms with E-state index in [0.717, 1.165) is 0 Å². The van der Waals surface area contributed by atoms with Gasteiger partial charge in [0.1, 0.15) is 0 Å². The highest BCUT2D eigenvalue weighted by Crippen LogP contribution is 2.12. The summed E-state index contributed by atoms with van der Waals surface area (Å²) in [5.74, 6) is 0.755. The van der Waals surface area contributed by atoms with Gasteiger partial charge in [0.15, 0.2) is 0 Å². The van der Waals surface area contributed by atoms with Crippen LogP contribution in [-0.2, 0) is 11.3 Å². The van der Waals surface area contributed by atoms with Crippen LogP contribution in [-0.4, -0.2) is 23.6 Å².